The maximum Gasteiger partial charge on any atom is 0.300 e. The smallest absolute Gasteiger partial charge is 0.278 e. The lowest BCUT2D eigenvalue weighted by Gasteiger charge is -2.16. The molecule has 0 spiro atoms. The molecule has 1 aromatic heterocycles. The highest BCUT2D eigenvalue weighted by molar-refractivity contribution is 6.30. The summed E-state index contributed by atoms with van der Waals surface area (Å²) in [5.74, 6) is -0.694. The maximum absolute atomic E-state index is 12.4. The van der Waals surface area contributed by atoms with Crippen molar-refractivity contribution in [2.45, 2.75) is 20.3 Å². The molecule has 1 atom stereocenters. The highest BCUT2D eigenvalue weighted by atomic mass is 35.5. The zero-order chi connectivity index (χ0) is 15.7. The molecule has 7 nitrogen and oxygen atoms in total. The molecule has 8 heteroatoms. The molecule has 0 radical (unpaired) electrons. The summed E-state index contributed by atoms with van der Waals surface area (Å²) in [7, 11) is 0. The van der Waals surface area contributed by atoms with Crippen LogP contribution in [-0.2, 0) is 4.79 Å². The molecule has 2 rings (SSSR count). The van der Waals surface area contributed by atoms with Crippen LogP contribution in [0.25, 0.3) is 0 Å². The van der Waals surface area contributed by atoms with Gasteiger partial charge in [-0.25, -0.2) is 4.98 Å². The molecule has 1 unspecified atom stereocenters. The first-order valence-electron chi connectivity index (χ1n) is 6.46. The summed E-state index contributed by atoms with van der Waals surface area (Å²) in [6.07, 6.45) is 1.20. The van der Waals surface area contributed by atoms with Crippen LogP contribution in [0.4, 0.5) is 5.69 Å². The number of imide groups is 1. The van der Waals surface area contributed by atoms with Crippen molar-refractivity contribution in [3.8, 4) is 0 Å². The summed E-state index contributed by atoms with van der Waals surface area (Å²) in [5, 5.41) is 10.9. The van der Waals surface area contributed by atoms with E-state index < -0.39 is 16.5 Å². The minimum absolute atomic E-state index is 0.0315. The van der Waals surface area contributed by atoms with Crippen molar-refractivity contribution in [1.29, 1.82) is 0 Å². The van der Waals surface area contributed by atoms with Crippen LogP contribution in [-0.4, -0.2) is 33.2 Å². The van der Waals surface area contributed by atoms with Crippen LogP contribution in [0, 0.1) is 22.0 Å². The van der Waals surface area contributed by atoms with E-state index in [1.807, 2.05) is 13.8 Å². The molecule has 0 saturated carbocycles. The van der Waals surface area contributed by atoms with Crippen molar-refractivity contribution < 1.29 is 14.5 Å². The Labute approximate surface area is 126 Å². The van der Waals surface area contributed by atoms with E-state index in [1.54, 1.807) is 0 Å². The first kappa shape index (κ1) is 15.4. The largest absolute Gasteiger partial charge is 0.300 e. The van der Waals surface area contributed by atoms with Gasteiger partial charge in [0.25, 0.3) is 11.6 Å². The number of hydrogen-bond acceptors (Lipinski definition) is 5. The van der Waals surface area contributed by atoms with Crippen LogP contribution < -0.4 is 0 Å². The van der Waals surface area contributed by atoms with E-state index >= 15 is 0 Å². The van der Waals surface area contributed by atoms with Gasteiger partial charge in [-0.1, -0.05) is 25.4 Å². The Hall–Kier alpha value is -2.02. The molecule has 2 amide bonds. The minimum atomic E-state index is -0.711. The van der Waals surface area contributed by atoms with Crippen LogP contribution in [0.5, 0.6) is 0 Å². The van der Waals surface area contributed by atoms with Gasteiger partial charge in [0, 0.05) is 13.0 Å². The first-order chi connectivity index (χ1) is 9.81. The molecule has 1 aromatic rings. The first-order valence-corrected chi connectivity index (χ1v) is 6.83. The monoisotopic (exact) mass is 311 g/mol. The van der Waals surface area contributed by atoms with Crippen LogP contribution in [0.1, 0.15) is 30.6 Å². The number of amides is 2. The molecule has 2 heterocycles. The lowest BCUT2D eigenvalue weighted by Crippen LogP contribution is -2.33. The SMILES string of the molecule is CC(C)C1CC(=O)N(C(=O)c2cc(Cl)ncc2[N+](=O)[O-])C1. The quantitative estimate of drug-likeness (QED) is 0.369. The average molecular weight is 312 g/mol. The number of likely N-dealkylation sites (tertiary alicyclic amines) is 1. The van der Waals surface area contributed by atoms with Crippen LogP contribution >= 0.6 is 11.6 Å². The molecule has 1 aliphatic rings. The Balaban J connectivity index is 2.35. The summed E-state index contributed by atoms with van der Waals surface area (Å²) in [5.41, 5.74) is -0.664. The van der Waals surface area contributed by atoms with Crippen molar-refractivity contribution in [1.82, 2.24) is 9.88 Å². The molecule has 0 aliphatic carbocycles. The second kappa shape index (κ2) is 5.77. The molecule has 1 saturated heterocycles. The van der Waals surface area contributed by atoms with E-state index in [0.29, 0.717) is 0 Å². The van der Waals surface area contributed by atoms with Crippen molar-refractivity contribution in [2.75, 3.05) is 6.54 Å². The lowest BCUT2D eigenvalue weighted by atomic mass is 9.95. The highest BCUT2D eigenvalue weighted by Gasteiger charge is 2.37. The number of halogens is 1. The van der Waals surface area contributed by atoms with Crippen LogP contribution in [0.3, 0.4) is 0 Å². The number of rotatable bonds is 3. The van der Waals surface area contributed by atoms with E-state index in [4.69, 9.17) is 11.6 Å². The van der Waals surface area contributed by atoms with Gasteiger partial charge in [0.2, 0.25) is 5.91 Å². The predicted molar refractivity (Wildman–Crippen MR) is 74.9 cm³/mol. The summed E-state index contributed by atoms with van der Waals surface area (Å²) >= 11 is 5.70. The third-order valence-corrected chi connectivity index (χ3v) is 3.83. The number of nitrogens with zero attached hydrogens (tertiary/aromatic N) is 3. The normalized spacial score (nSPS) is 18.4. The number of aromatic nitrogens is 1. The summed E-state index contributed by atoms with van der Waals surface area (Å²) in [4.78, 5) is 39.3. The number of hydrogen-bond donors (Lipinski definition) is 0. The second-order valence-corrected chi connectivity index (χ2v) is 5.69. The standard InChI is InChI=1S/C13H14ClN3O4/c1-7(2)8-3-12(18)16(6-8)13(19)9-4-11(14)15-5-10(9)17(20)21/h4-5,7-8H,3,6H2,1-2H3. The average Bonchev–Trinajstić information content (AvgIpc) is 2.79. The van der Waals surface area contributed by atoms with Gasteiger partial charge >= 0.3 is 0 Å². The van der Waals surface area contributed by atoms with Crippen molar-refractivity contribution >= 4 is 29.1 Å². The number of pyridine rings is 1. The Morgan fingerprint density at radius 1 is 1.57 bits per heavy atom. The van der Waals surface area contributed by atoms with Gasteiger partial charge in [-0.15, -0.1) is 0 Å². The third-order valence-electron chi connectivity index (χ3n) is 3.62. The summed E-state index contributed by atoms with van der Waals surface area (Å²) in [6, 6.07) is 1.12. The minimum Gasteiger partial charge on any atom is -0.278 e. The molecule has 1 aliphatic heterocycles. The fourth-order valence-corrected chi connectivity index (χ4v) is 2.42. The Morgan fingerprint density at radius 2 is 2.24 bits per heavy atom. The molecule has 1 fully saturated rings. The maximum atomic E-state index is 12.4. The van der Waals surface area contributed by atoms with E-state index in [2.05, 4.69) is 4.98 Å². The van der Waals surface area contributed by atoms with E-state index in [-0.39, 0.29) is 41.4 Å². The van der Waals surface area contributed by atoms with Gasteiger partial charge in [0.05, 0.1) is 4.92 Å². The fourth-order valence-electron chi connectivity index (χ4n) is 2.26. The van der Waals surface area contributed by atoms with E-state index in [1.165, 1.54) is 0 Å². The van der Waals surface area contributed by atoms with Gasteiger partial charge in [-0.2, -0.15) is 0 Å². The van der Waals surface area contributed by atoms with Gasteiger partial charge in [-0.3, -0.25) is 24.6 Å². The van der Waals surface area contributed by atoms with Crippen LogP contribution in [0.15, 0.2) is 12.3 Å². The van der Waals surface area contributed by atoms with Crippen molar-refractivity contribution in [3.05, 3.63) is 33.1 Å². The Bertz CT molecular complexity index is 617. The van der Waals surface area contributed by atoms with Crippen LogP contribution in [0.2, 0.25) is 5.15 Å². The van der Waals surface area contributed by atoms with Gasteiger partial charge in [0.15, 0.2) is 0 Å². The molecule has 0 bridgehead atoms. The summed E-state index contributed by atoms with van der Waals surface area (Å²) in [6.45, 7) is 4.21. The fraction of sp³-hybridized carbons (Fsp3) is 0.462. The number of carbonyl (C=O) groups is 2. The van der Waals surface area contributed by atoms with Gasteiger partial charge < -0.3 is 0 Å². The molecule has 0 N–H and O–H groups in total. The Kier molecular flexibility index (Phi) is 4.22. The second-order valence-electron chi connectivity index (χ2n) is 5.30. The van der Waals surface area contributed by atoms with Gasteiger partial charge in [-0.05, 0) is 17.9 Å². The molecule has 112 valence electrons. The van der Waals surface area contributed by atoms with Crippen molar-refractivity contribution in [3.63, 3.8) is 0 Å². The third kappa shape index (κ3) is 3.02. The summed E-state index contributed by atoms with van der Waals surface area (Å²) < 4.78 is 0. The van der Waals surface area contributed by atoms with Gasteiger partial charge in [0.1, 0.15) is 16.9 Å². The topological polar surface area (TPSA) is 93.4 Å². The molecular weight excluding hydrogens is 298 g/mol. The highest BCUT2D eigenvalue weighted by Crippen LogP contribution is 2.28. The molecular formula is C13H14ClN3O4. The predicted octanol–water partition coefficient (Wildman–Crippen LogP) is 2.29. The number of carbonyl (C=O) groups excluding carboxylic acids is 2. The van der Waals surface area contributed by atoms with E-state index in [0.717, 1.165) is 17.2 Å². The number of nitro groups is 1. The molecule has 0 aromatic carbocycles. The Morgan fingerprint density at radius 3 is 2.76 bits per heavy atom. The zero-order valence-electron chi connectivity index (χ0n) is 11.6. The lowest BCUT2D eigenvalue weighted by molar-refractivity contribution is -0.385. The zero-order valence-corrected chi connectivity index (χ0v) is 12.3. The van der Waals surface area contributed by atoms with E-state index in [9.17, 15) is 19.7 Å². The van der Waals surface area contributed by atoms with Crippen molar-refractivity contribution in [2.24, 2.45) is 11.8 Å². The molecule has 21 heavy (non-hydrogen) atoms.